The number of aliphatic hydroxyl groups is 2. The third-order valence-corrected chi connectivity index (χ3v) is 1.00. The second kappa shape index (κ2) is 14.4. The number of carbonyl (C=O) groups is 2. The molecule has 0 unspecified atom stereocenters. The van der Waals surface area contributed by atoms with Crippen LogP contribution in [-0.2, 0) is 14.2 Å². The van der Waals surface area contributed by atoms with E-state index in [-0.39, 0.29) is 26.4 Å². The van der Waals surface area contributed by atoms with E-state index in [1.54, 1.807) is 0 Å². The SMILES string of the molecule is O=C([O-])OCCOC(=O)O.OCCOCCO. The number of hydrogen-bond donors (Lipinski definition) is 3. The largest absolute Gasteiger partial charge is 0.546 e. The maximum atomic E-state index is 9.60. The Balaban J connectivity index is 0. The molecule has 0 aliphatic rings. The number of hydrogen-bond acceptors (Lipinski definition) is 8. The van der Waals surface area contributed by atoms with Crippen LogP contribution in [0.2, 0.25) is 0 Å². The molecule has 0 aromatic carbocycles. The number of carboxylic acid groups (broad SMARTS) is 2. The fourth-order valence-electron chi connectivity index (χ4n) is 0.485. The predicted octanol–water partition coefficient (Wildman–Crippen LogP) is -1.97. The normalized spacial score (nSPS) is 8.82. The summed E-state index contributed by atoms with van der Waals surface area (Å²) in [6.07, 6.45) is -3.17. The molecule has 0 fully saturated rings. The van der Waals surface area contributed by atoms with Crippen molar-refractivity contribution in [3.05, 3.63) is 0 Å². The number of rotatable bonds is 7. The van der Waals surface area contributed by atoms with Crippen LogP contribution in [0.1, 0.15) is 0 Å². The van der Waals surface area contributed by atoms with Gasteiger partial charge in [0.2, 0.25) is 0 Å². The molecule has 0 spiro atoms. The Morgan fingerprint density at radius 1 is 0.941 bits per heavy atom. The van der Waals surface area contributed by atoms with E-state index in [0.29, 0.717) is 13.2 Å². The van der Waals surface area contributed by atoms with Crippen molar-refractivity contribution < 1.29 is 44.2 Å². The van der Waals surface area contributed by atoms with Crippen molar-refractivity contribution in [1.29, 1.82) is 0 Å². The van der Waals surface area contributed by atoms with Crippen molar-refractivity contribution in [3.8, 4) is 0 Å². The maximum Gasteiger partial charge on any atom is 0.505 e. The van der Waals surface area contributed by atoms with Crippen LogP contribution in [0.15, 0.2) is 0 Å². The molecule has 0 aromatic heterocycles. The first-order chi connectivity index (χ1) is 8.04. The van der Waals surface area contributed by atoms with Gasteiger partial charge in [0.05, 0.1) is 33.0 Å². The zero-order valence-electron chi connectivity index (χ0n) is 9.03. The van der Waals surface area contributed by atoms with E-state index in [2.05, 4.69) is 14.2 Å². The van der Waals surface area contributed by atoms with E-state index < -0.39 is 12.3 Å². The smallest absolute Gasteiger partial charge is 0.505 e. The van der Waals surface area contributed by atoms with E-state index in [1.807, 2.05) is 0 Å². The Kier molecular flexibility index (Phi) is 15.1. The maximum absolute atomic E-state index is 9.60. The molecule has 3 N–H and O–H groups in total. The zero-order valence-corrected chi connectivity index (χ0v) is 9.03. The lowest BCUT2D eigenvalue weighted by molar-refractivity contribution is -0.283. The van der Waals surface area contributed by atoms with Gasteiger partial charge < -0.3 is 39.4 Å². The van der Waals surface area contributed by atoms with E-state index in [1.165, 1.54) is 0 Å². The Morgan fingerprint density at radius 2 is 1.41 bits per heavy atom. The lowest BCUT2D eigenvalue weighted by Gasteiger charge is -2.05. The van der Waals surface area contributed by atoms with Gasteiger partial charge in [0.15, 0.2) is 0 Å². The molecule has 17 heavy (non-hydrogen) atoms. The van der Waals surface area contributed by atoms with E-state index >= 15 is 0 Å². The van der Waals surface area contributed by atoms with Crippen LogP contribution in [0.5, 0.6) is 0 Å². The minimum atomic E-state index is -1.70. The molecule has 0 heterocycles. The van der Waals surface area contributed by atoms with Gasteiger partial charge >= 0.3 is 6.16 Å². The standard InChI is InChI=1S/C4H6O6.C4H10O3/c5-3(6)9-1-2-10-4(7)8;5-1-3-7-4-2-6/h1-2H2,(H,5,6)(H,7,8);5-6H,1-4H2/p-1. The Morgan fingerprint density at radius 3 is 1.76 bits per heavy atom. The second-order valence-electron chi connectivity index (χ2n) is 2.27. The first kappa shape index (κ1) is 17.8. The average Bonchev–Trinajstić information content (AvgIpc) is 2.26. The lowest BCUT2D eigenvalue weighted by Crippen LogP contribution is -2.25. The Bertz CT molecular complexity index is 173. The van der Waals surface area contributed by atoms with Gasteiger partial charge in [-0.05, 0) is 0 Å². The molecular weight excluding hydrogens is 240 g/mol. The highest BCUT2D eigenvalue weighted by Gasteiger charge is 1.93. The summed E-state index contributed by atoms with van der Waals surface area (Å²) in [4.78, 5) is 19.1. The molecule has 0 amide bonds. The number of aliphatic hydroxyl groups excluding tert-OH is 2. The van der Waals surface area contributed by atoms with Crippen molar-refractivity contribution in [2.24, 2.45) is 0 Å². The summed E-state index contributed by atoms with van der Waals surface area (Å²) in [6.45, 7) is 0.0407. The molecule has 0 aliphatic heterocycles. The third kappa shape index (κ3) is 25.1. The van der Waals surface area contributed by atoms with Crippen molar-refractivity contribution in [1.82, 2.24) is 0 Å². The van der Waals surface area contributed by atoms with Gasteiger partial charge in [-0.1, -0.05) is 0 Å². The highest BCUT2D eigenvalue weighted by molar-refractivity contribution is 5.56. The molecule has 9 nitrogen and oxygen atoms in total. The molecule has 0 saturated carbocycles. The molecule has 0 bridgehead atoms. The van der Waals surface area contributed by atoms with Crippen molar-refractivity contribution in [2.45, 2.75) is 0 Å². The van der Waals surface area contributed by atoms with Crippen LogP contribution in [0.3, 0.4) is 0 Å². The molecule has 9 heteroatoms. The van der Waals surface area contributed by atoms with Crippen LogP contribution in [-0.4, -0.2) is 67.3 Å². The van der Waals surface area contributed by atoms with Gasteiger partial charge in [-0.15, -0.1) is 0 Å². The van der Waals surface area contributed by atoms with E-state index in [0.717, 1.165) is 0 Å². The van der Waals surface area contributed by atoms with Crippen molar-refractivity contribution in [2.75, 3.05) is 39.6 Å². The van der Waals surface area contributed by atoms with Crippen molar-refractivity contribution >= 4 is 12.3 Å². The van der Waals surface area contributed by atoms with Crippen LogP contribution in [0, 0.1) is 0 Å². The van der Waals surface area contributed by atoms with Crippen LogP contribution >= 0.6 is 0 Å². The van der Waals surface area contributed by atoms with Gasteiger partial charge in [0.25, 0.3) is 6.16 Å². The molecule has 0 saturated heterocycles. The second-order valence-corrected chi connectivity index (χ2v) is 2.27. The third-order valence-electron chi connectivity index (χ3n) is 1.00. The van der Waals surface area contributed by atoms with Gasteiger partial charge in [0.1, 0.15) is 6.61 Å². The summed E-state index contributed by atoms with van der Waals surface area (Å²) in [7, 11) is 0. The number of ether oxygens (including phenoxy) is 3. The van der Waals surface area contributed by atoms with Crippen LogP contribution in [0.25, 0.3) is 0 Å². The summed E-state index contributed by atoms with van der Waals surface area (Å²) in [5, 5.41) is 33.5. The summed E-state index contributed by atoms with van der Waals surface area (Å²) in [5.74, 6) is 0. The van der Waals surface area contributed by atoms with E-state index in [4.69, 9.17) is 15.3 Å². The fraction of sp³-hybridized carbons (Fsp3) is 0.750. The molecular formula is C8H15O9-. The van der Waals surface area contributed by atoms with Crippen LogP contribution in [0.4, 0.5) is 9.59 Å². The highest BCUT2D eigenvalue weighted by Crippen LogP contribution is 1.77. The molecule has 102 valence electrons. The predicted molar refractivity (Wildman–Crippen MR) is 50.3 cm³/mol. The lowest BCUT2D eigenvalue weighted by atomic mass is 10.7. The Labute approximate surface area is 97.1 Å². The first-order valence-corrected chi connectivity index (χ1v) is 4.53. The highest BCUT2D eigenvalue weighted by atomic mass is 16.7. The summed E-state index contributed by atoms with van der Waals surface area (Å²) in [6, 6.07) is 0. The van der Waals surface area contributed by atoms with Crippen LogP contribution < -0.4 is 5.11 Å². The van der Waals surface area contributed by atoms with Crippen molar-refractivity contribution in [3.63, 3.8) is 0 Å². The monoisotopic (exact) mass is 255 g/mol. The quantitative estimate of drug-likeness (QED) is 0.348. The summed E-state index contributed by atoms with van der Waals surface area (Å²) in [5.41, 5.74) is 0. The molecule has 0 rings (SSSR count). The van der Waals surface area contributed by atoms with E-state index in [9.17, 15) is 14.7 Å². The molecule has 0 radical (unpaired) electrons. The molecule has 0 atom stereocenters. The average molecular weight is 255 g/mol. The minimum absolute atomic E-state index is 0.0278. The van der Waals surface area contributed by atoms with Gasteiger partial charge in [0, 0.05) is 0 Å². The zero-order chi connectivity index (χ0) is 13.5. The summed E-state index contributed by atoms with van der Waals surface area (Å²) >= 11 is 0. The fourth-order valence-corrected chi connectivity index (χ4v) is 0.485. The van der Waals surface area contributed by atoms with Gasteiger partial charge in [-0.2, -0.15) is 0 Å². The molecule has 0 aromatic rings. The summed E-state index contributed by atoms with van der Waals surface area (Å²) < 4.78 is 12.3. The number of carbonyl (C=O) groups excluding carboxylic acids is 1. The first-order valence-electron chi connectivity index (χ1n) is 4.53. The Hall–Kier alpha value is -1.58. The topological polar surface area (TPSA) is 146 Å². The molecule has 0 aliphatic carbocycles. The van der Waals surface area contributed by atoms with Gasteiger partial charge in [-0.25, -0.2) is 4.79 Å². The van der Waals surface area contributed by atoms with Gasteiger partial charge in [-0.3, -0.25) is 0 Å². The minimum Gasteiger partial charge on any atom is -0.546 e.